The van der Waals surface area contributed by atoms with Gasteiger partial charge in [-0.15, -0.1) is 0 Å². The van der Waals surface area contributed by atoms with Crippen molar-refractivity contribution in [3.63, 3.8) is 0 Å². The molecule has 40 heavy (non-hydrogen) atoms. The molecule has 1 amide bonds. The number of nitrogens with zero attached hydrogens (tertiary/aromatic N) is 1. The summed E-state index contributed by atoms with van der Waals surface area (Å²) in [7, 11) is -2.87. The molecular weight excluding hydrogens is 522 g/mol. The fourth-order valence-corrected chi connectivity index (χ4v) is 10.1. The lowest BCUT2D eigenvalue weighted by molar-refractivity contribution is -0.146. The van der Waals surface area contributed by atoms with Crippen LogP contribution in [0.25, 0.3) is 0 Å². The molecule has 0 N–H and O–H groups in total. The molecule has 0 radical (unpaired) electrons. The van der Waals surface area contributed by atoms with Gasteiger partial charge < -0.3 is 18.8 Å². The van der Waals surface area contributed by atoms with E-state index in [0.29, 0.717) is 19.4 Å². The van der Waals surface area contributed by atoms with Crippen molar-refractivity contribution in [2.75, 3.05) is 19.8 Å². The van der Waals surface area contributed by atoms with E-state index in [9.17, 15) is 14.4 Å². The molecule has 0 saturated carbocycles. The van der Waals surface area contributed by atoms with Crippen LogP contribution in [0.1, 0.15) is 67.7 Å². The monoisotopic (exact) mass is 567 g/mol. The number of hydrogen-bond donors (Lipinski definition) is 0. The zero-order valence-corrected chi connectivity index (χ0v) is 26.1. The molecule has 0 unspecified atom stereocenters. The summed E-state index contributed by atoms with van der Waals surface area (Å²) in [6.07, 6.45) is 0.190. The van der Waals surface area contributed by atoms with Crippen LogP contribution >= 0.6 is 0 Å². The molecule has 1 fully saturated rings. The van der Waals surface area contributed by atoms with Crippen LogP contribution in [0.15, 0.2) is 60.7 Å². The molecule has 1 heterocycles. The zero-order valence-electron chi connectivity index (χ0n) is 25.1. The van der Waals surface area contributed by atoms with Crippen molar-refractivity contribution in [3.8, 4) is 0 Å². The summed E-state index contributed by atoms with van der Waals surface area (Å²) in [4.78, 5) is 40.1. The fraction of sp³-hybridized carbons (Fsp3) is 0.531. The molecule has 8 heteroatoms. The van der Waals surface area contributed by atoms with Crippen LogP contribution in [0.2, 0.25) is 5.04 Å². The highest BCUT2D eigenvalue weighted by molar-refractivity contribution is 6.99. The quantitative estimate of drug-likeness (QED) is 0.238. The molecule has 218 valence electrons. The van der Waals surface area contributed by atoms with Crippen LogP contribution in [-0.4, -0.2) is 62.5 Å². The summed E-state index contributed by atoms with van der Waals surface area (Å²) < 4.78 is 17.9. The highest BCUT2D eigenvalue weighted by Crippen LogP contribution is 2.38. The van der Waals surface area contributed by atoms with Crippen LogP contribution in [0, 0.1) is 5.92 Å². The van der Waals surface area contributed by atoms with E-state index in [1.54, 1.807) is 11.8 Å². The minimum atomic E-state index is -2.87. The van der Waals surface area contributed by atoms with Crippen molar-refractivity contribution >= 4 is 36.5 Å². The van der Waals surface area contributed by atoms with E-state index < -0.39 is 26.0 Å². The topological polar surface area (TPSA) is 82.1 Å². The van der Waals surface area contributed by atoms with Gasteiger partial charge in [-0.1, -0.05) is 81.4 Å². The Bertz CT molecular complexity index is 1100. The fourth-order valence-electron chi connectivity index (χ4n) is 5.54. The van der Waals surface area contributed by atoms with Crippen LogP contribution in [0.3, 0.4) is 0 Å². The van der Waals surface area contributed by atoms with E-state index in [-0.39, 0.29) is 42.4 Å². The standard InChI is InChI=1S/C32H45NO6Si/c1-8-37-29(35)22-28(34)24-19-20-33(30(36)39-31(2,3)4)25(21-24)23-38-40(32(5,6)7,26-15-11-9-12-16-26)27-17-13-10-14-18-27/h9-18,24-25H,8,19-23H2,1-7H3/t24-,25-/m1/s1. The summed E-state index contributed by atoms with van der Waals surface area (Å²) >= 11 is 0. The van der Waals surface area contributed by atoms with Crippen molar-refractivity contribution in [1.82, 2.24) is 4.90 Å². The van der Waals surface area contributed by atoms with E-state index in [2.05, 4.69) is 45.0 Å². The minimum absolute atomic E-state index is 0.155. The van der Waals surface area contributed by atoms with E-state index in [0.717, 1.165) is 10.4 Å². The summed E-state index contributed by atoms with van der Waals surface area (Å²) in [5.74, 6) is -1.03. The first-order chi connectivity index (χ1) is 18.8. The largest absolute Gasteiger partial charge is 0.466 e. The molecule has 0 aromatic heterocycles. The number of carbonyl (C=O) groups excluding carboxylic acids is 3. The normalized spacial score (nSPS) is 18.2. The van der Waals surface area contributed by atoms with Gasteiger partial charge >= 0.3 is 12.1 Å². The van der Waals surface area contributed by atoms with Crippen molar-refractivity contribution in [2.45, 2.75) is 84.4 Å². The smallest absolute Gasteiger partial charge is 0.410 e. The van der Waals surface area contributed by atoms with Gasteiger partial charge in [0, 0.05) is 12.5 Å². The summed E-state index contributed by atoms with van der Waals surface area (Å²) in [6, 6.07) is 20.3. The highest BCUT2D eigenvalue weighted by atomic mass is 28.4. The van der Waals surface area contributed by atoms with Gasteiger partial charge in [-0.2, -0.15) is 0 Å². The maximum absolute atomic E-state index is 13.3. The lowest BCUT2D eigenvalue weighted by Gasteiger charge is -2.46. The third-order valence-corrected chi connectivity index (χ3v) is 12.3. The molecule has 0 aliphatic carbocycles. The van der Waals surface area contributed by atoms with Crippen LogP contribution in [0.5, 0.6) is 0 Å². The van der Waals surface area contributed by atoms with Crippen LogP contribution in [0.4, 0.5) is 4.79 Å². The molecule has 0 spiro atoms. The Balaban J connectivity index is 1.98. The molecule has 3 rings (SSSR count). The number of piperidine rings is 1. The van der Waals surface area contributed by atoms with Crippen LogP contribution in [-0.2, 0) is 23.5 Å². The molecule has 2 aromatic carbocycles. The summed E-state index contributed by atoms with van der Waals surface area (Å²) in [5, 5.41) is 2.05. The number of esters is 1. The molecule has 1 aliphatic rings. The Morgan fingerprint density at radius 1 is 0.900 bits per heavy atom. The Morgan fingerprint density at radius 3 is 1.93 bits per heavy atom. The number of likely N-dealkylation sites (tertiary alicyclic amines) is 1. The van der Waals surface area contributed by atoms with Crippen LogP contribution < -0.4 is 10.4 Å². The lowest BCUT2D eigenvalue weighted by atomic mass is 9.87. The molecule has 7 nitrogen and oxygen atoms in total. The first kappa shape index (κ1) is 31.6. The third kappa shape index (κ3) is 7.60. The Morgan fingerprint density at radius 2 is 1.45 bits per heavy atom. The van der Waals surface area contributed by atoms with E-state index >= 15 is 0 Å². The highest BCUT2D eigenvalue weighted by Gasteiger charge is 2.51. The molecule has 1 aliphatic heterocycles. The number of ether oxygens (including phenoxy) is 2. The Hall–Kier alpha value is -2.97. The first-order valence-electron chi connectivity index (χ1n) is 14.2. The number of ketones is 1. The maximum atomic E-state index is 13.3. The van der Waals surface area contributed by atoms with Gasteiger partial charge in [-0.25, -0.2) is 4.79 Å². The minimum Gasteiger partial charge on any atom is -0.466 e. The predicted octanol–water partition coefficient (Wildman–Crippen LogP) is 5.10. The van der Waals surface area contributed by atoms with E-state index in [4.69, 9.17) is 13.9 Å². The van der Waals surface area contributed by atoms with Gasteiger partial charge in [-0.05, 0) is 55.9 Å². The Kier molecular flexibility index (Phi) is 10.4. The van der Waals surface area contributed by atoms with E-state index in [1.807, 2.05) is 57.2 Å². The maximum Gasteiger partial charge on any atom is 0.410 e. The lowest BCUT2D eigenvalue weighted by Crippen LogP contribution is -2.67. The van der Waals surface area contributed by atoms with Crippen molar-refractivity contribution in [1.29, 1.82) is 0 Å². The number of hydrogen-bond acceptors (Lipinski definition) is 6. The second-order valence-corrected chi connectivity index (χ2v) is 16.8. The van der Waals surface area contributed by atoms with Crippen molar-refractivity contribution in [3.05, 3.63) is 60.7 Å². The van der Waals surface area contributed by atoms with Crippen molar-refractivity contribution < 1.29 is 28.3 Å². The second kappa shape index (κ2) is 13.1. The first-order valence-corrected chi connectivity index (χ1v) is 16.1. The number of rotatable bonds is 9. The van der Waals surface area contributed by atoms with Gasteiger partial charge in [0.25, 0.3) is 8.32 Å². The molecular formula is C32H45NO6Si. The molecule has 1 saturated heterocycles. The molecule has 2 atom stereocenters. The SMILES string of the molecule is CCOC(=O)CC(=O)[C@@H]1CCN(C(=O)OC(C)(C)C)[C@@H](CO[Si](c2ccccc2)(c2ccccc2)C(C)(C)C)C1. The number of benzene rings is 2. The number of amides is 1. The van der Waals surface area contributed by atoms with Gasteiger partial charge in [0.1, 0.15) is 17.8 Å². The zero-order chi connectivity index (χ0) is 29.6. The average molecular weight is 568 g/mol. The Labute approximate surface area is 240 Å². The molecule has 2 aromatic rings. The number of Topliss-reactive ketones (excluding diaryl/α,β-unsaturated/α-hetero) is 1. The predicted molar refractivity (Wildman–Crippen MR) is 159 cm³/mol. The summed E-state index contributed by atoms with van der Waals surface area (Å²) in [6.45, 7) is 14.7. The number of carbonyl (C=O) groups is 3. The third-order valence-electron chi connectivity index (χ3n) is 7.33. The van der Waals surface area contributed by atoms with Gasteiger partial charge in [0.15, 0.2) is 0 Å². The average Bonchev–Trinajstić information content (AvgIpc) is 2.88. The van der Waals surface area contributed by atoms with Gasteiger partial charge in [0.05, 0.1) is 19.3 Å². The van der Waals surface area contributed by atoms with Crippen molar-refractivity contribution in [2.24, 2.45) is 5.92 Å². The summed E-state index contributed by atoms with van der Waals surface area (Å²) in [5.41, 5.74) is -0.656. The second-order valence-electron chi connectivity index (χ2n) is 12.5. The van der Waals surface area contributed by atoms with E-state index in [1.165, 1.54) is 0 Å². The molecule has 0 bridgehead atoms. The van der Waals surface area contributed by atoms with Gasteiger partial charge in [0.2, 0.25) is 0 Å². The van der Waals surface area contributed by atoms with Gasteiger partial charge in [-0.3, -0.25) is 9.59 Å².